The molecule has 7 heteroatoms. The summed E-state index contributed by atoms with van der Waals surface area (Å²) in [4.78, 5) is 28.1. The number of amides is 2. The normalized spacial score (nSPS) is 17.9. The van der Waals surface area contributed by atoms with E-state index in [0.29, 0.717) is 10.7 Å². The lowest BCUT2D eigenvalue weighted by atomic mass is 10.1. The molecule has 1 atom stereocenters. The number of rotatable bonds is 4. The first-order valence-electron chi connectivity index (χ1n) is 8.98. The molecule has 4 rings (SSSR count). The van der Waals surface area contributed by atoms with Crippen molar-refractivity contribution in [1.82, 2.24) is 0 Å². The van der Waals surface area contributed by atoms with Gasteiger partial charge in [0.2, 0.25) is 11.8 Å². The van der Waals surface area contributed by atoms with Crippen LogP contribution in [-0.4, -0.2) is 30.2 Å². The Labute approximate surface area is 167 Å². The Morgan fingerprint density at radius 2 is 2.19 bits per heavy atom. The summed E-state index contributed by atoms with van der Waals surface area (Å²) in [5, 5.41) is 5.89. The number of halogens is 1. The van der Waals surface area contributed by atoms with Crippen LogP contribution in [0.25, 0.3) is 0 Å². The zero-order chi connectivity index (χ0) is 19.0. The average molecular weight is 402 g/mol. The molecule has 2 aromatic carbocycles. The molecule has 0 aliphatic carbocycles. The molecule has 0 radical (unpaired) electrons. The van der Waals surface area contributed by atoms with Crippen LogP contribution in [0.4, 0.5) is 17.1 Å². The maximum atomic E-state index is 12.5. The lowest BCUT2D eigenvalue weighted by Crippen LogP contribution is -2.32. The molecule has 2 aliphatic rings. The molecule has 2 N–H and O–H groups in total. The Hall–Kier alpha value is -2.18. The lowest BCUT2D eigenvalue weighted by Gasteiger charge is -2.24. The van der Waals surface area contributed by atoms with Crippen LogP contribution in [-0.2, 0) is 16.0 Å². The number of hydrogen-bond acceptors (Lipinski definition) is 4. The third kappa shape index (κ3) is 3.77. The molecule has 2 aromatic rings. The highest BCUT2D eigenvalue weighted by molar-refractivity contribution is 8.01. The molecule has 0 saturated carbocycles. The fourth-order valence-corrected chi connectivity index (χ4v) is 4.75. The number of benzene rings is 2. The van der Waals surface area contributed by atoms with E-state index < -0.39 is 5.25 Å². The second kappa shape index (κ2) is 7.44. The number of likely N-dealkylation sites (N-methyl/N-ethyl adjacent to an activating group) is 1. The number of carbonyl (C=O) groups is 2. The zero-order valence-corrected chi connectivity index (χ0v) is 16.5. The van der Waals surface area contributed by atoms with Crippen molar-refractivity contribution < 1.29 is 9.59 Å². The average Bonchev–Trinajstić information content (AvgIpc) is 3.05. The largest absolute Gasteiger partial charge is 0.371 e. The van der Waals surface area contributed by atoms with E-state index >= 15 is 0 Å². The Bertz CT molecular complexity index is 918. The van der Waals surface area contributed by atoms with E-state index in [0.717, 1.165) is 30.1 Å². The standard InChI is InChI=1S/C20H20ClN3O2S/c1-2-24-8-7-12-3-5-14(10-16(12)24)22-19(25)11-18-20(26)23-15-9-13(21)4-6-17(15)27-18/h3-6,9-10,18H,2,7-8,11H2,1H3,(H,22,25)(H,23,26). The Balaban J connectivity index is 1.43. The number of hydrogen-bond donors (Lipinski definition) is 2. The van der Waals surface area contributed by atoms with Gasteiger partial charge in [-0.1, -0.05) is 17.7 Å². The van der Waals surface area contributed by atoms with Crippen molar-refractivity contribution in [3.8, 4) is 0 Å². The third-order valence-corrected chi connectivity index (χ3v) is 6.38. The highest BCUT2D eigenvalue weighted by Crippen LogP contribution is 2.38. The number of nitrogens with zero attached hydrogens (tertiary/aromatic N) is 1. The van der Waals surface area contributed by atoms with Crippen LogP contribution in [0.1, 0.15) is 18.9 Å². The molecule has 0 fully saturated rings. The summed E-state index contributed by atoms with van der Waals surface area (Å²) in [5.41, 5.74) is 3.97. The van der Waals surface area contributed by atoms with Crippen molar-refractivity contribution in [2.75, 3.05) is 28.6 Å². The van der Waals surface area contributed by atoms with Gasteiger partial charge < -0.3 is 15.5 Å². The van der Waals surface area contributed by atoms with Crippen LogP contribution >= 0.6 is 23.4 Å². The van der Waals surface area contributed by atoms with Crippen LogP contribution in [0, 0.1) is 0 Å². The summed E-state index contributed by atoms with van der Waals surface area (Å²) in [7, 11) is 0. The smallest absolute Gasteiger partial charge is 0.238 e. The first-order valence-corrected chi connectivity index (χ1v) is 10.2. The molecule has 0 bridgehead atoms. The lowest BCUT2D eigenvalue weighted by molar-refractivity contribution is -0.120. The summed E-state index contributed by atoms with van der Waals surface area (Å²) in [6.45, 7) is 4.10. The predicted molar refractivity (Wildman–Crippen MR) is 111 cm³/mol. The van der Waals surface area contributed by atoms with Crippen LogP contribution in [0.2, 0.25) is 5.02 Å². The number of anilines is 3. The number of thioether (sulfide) groups is 1. The molecular formula is C20H20ClN3O2S. The molecule has 1 unspecified atom stereocenters. The molecule has 0 saturated heterocycles. The molecule has 0 aromatic heterocycles. The minimum Gasteiger partial charge on any atom is -0.371 e. The monoisotopic (exact) mass is 401 g/mol. The summed E-state index contributed by atoms with van der Waals surface area (Å²) in [6.07, 6.45) is 1.16. The van der Waals surface area contributed by atoms with E-state index in [2.05, 4.69) is 28.5 Å². The summed E-state index contributed by atoms with van der Waals surface area (Å²) >= 11 is 7.37. The fourth-order valence-electron chi connectivity index (χ4n) is 3.49. The maximum absolute atomic E-state index is 12.5. The van der Waals surface area contributed by atoms with Crippen molar-refractivity contribution in [3.05, 3.63) is 47.0 Å². The minimum absolute atomic E-state index is 0.118. The van der Waals surface area contributed by atoms with E-state index in [-0.39, 0.29) is 18.2 Å². The van der Waals surface area contributed by atoms with Gasteiger partial charge in [0.1, 0.15) is 0 Å². The topological polar surface area (TPSA) is 61.4 Å². The van der Waals surface area contributed by atoms with Gasteiger partial charge in [0, 0.05) is 40.8 Å². The molecule has 27 heavy (non-hydrogen) atoms. The van der Waals surface area contributed by atoms with E-state index in [1.54, 1.807) is 12.1 Å². The SMILES string of the molecule is CCN1CCc2ccc(NC(=O)CC3Sc4ccc(Cl)cc4NC3=O)cc21. The van der Waals surface area contributed by atoms with Crippen molar-refractivity contribution in [3.63, 3.8) is 0 Å². The first-order chi connectivity index (χ1) is 13.0. The number of fused-ring (bicyclic) bond motifs is 2. The number of nitrogens with one attached hydrogen (secondary N) is 2. The second-order valence-corrected chi connectivity index (χ2v) is 8.34. The highest BCUT2D eigenvalue weighted by atomic mass is 35.5. The van der Waals surface area contributed by atoms with Crippen molar-refractivity contribution in [1.29, 1.82) is 0 Å². The van der Waals surface area contributed by atoms with Crippen LogP contribution < -0.4 is 15.5 Å². The van der Waals surface area contributed by atoms with Gasteiger partial charge in [-0.3, -0.25) is 9.59 Å². The Morgan fingerprint density at radius 1 is 1.33 bits per heavy atom. The summed E-state index contributed by atoms with van der Waals surface area (Å²) in [6, 6.07) is 11.4. The van der Waals surface area contributed by atoms with E-state index in [4.69, 9.17) is 11.6 Å². The molecule has 5 nitrogen and oxygen atoms in total. The van der Waals surface area contributed by atoms with Gasteiger partial charge in [0.15, 0.2) is 0 Å². The van der Waals surface area contributed by atoms with Crippen LogP contribution in [0.5, 0.6) is 0 Å². The predicted octanol–water partition coefficient (Wildman–Crippen LogP) is 4.16. The van der Waals surface area contributed by atoms with Crippen molar-refractivity contribution in [2.24, 2.45) is 0 Å². The molecule has 140 valence electrons. The van der Waals surface area contributed by atoms with Crippen molar-refractivity contribution in [2.45, 2.75) is 29.9 Å². The van der Waals surface area contributed by atoms with Gasteiger partial charge in [-0.05, 0) is 49.2 Å². The number of carbonyl (C=O) groups excluding carboxylic acids is 2. The highest BCUT2D eigenvalue weighted by Gasteiger charge is 2.29. The molecule has 2 aliphatic heterocycles. The summed E-state index contributed by atoms with van der Waals surface area (Å²) in [5.74, 6) is -0.336. The molecule has 2 heterocycles. The molecular weight excluding hydrogens is 382 g/mol. The van der Waals surface area contributed by atoms with Gasteiger partial charge in [-0.25, -0.2) is 0 Å². The van der Waals surface area contributed by atoms with Crippen molar-refractivity contribution >= 4 is 52.2 Å². The van der Waals surface area contributed by atoms with Gasteiger partial charge >= 0.3 is 0 Å². The molecule has 0 spiro atoms. The fraction of sp³-hybridized carbons (Fsp3) is 0.300. The quantitative estimate of drug-likeness (QED) is 0.807. The zero-order valence-electron chi connectivity index (χ0n) is 14.9. The van der Waals surface area contributed by atoms with Crippen LogP contribution in [0.15, 0.2) is 41.3 Å². The van der Waals surface area contributed by atoms with Gasteiger partial charge in [0.25, 0.3) is 0 Å². The second-order valence-electron chi connectivity index (χ2n) is 6.66. The van der Waals surface area contributed by atoms with Crippen LogP contribution in [0.3, 0.4) is 0 Å². The molecule has 2 amide bonds. The van der Waals surface area contributed by atoms with E-state index in [9.17, 15) is 9.59 Å². The first kappa shape index (κ1) is 18.2. The third-order valence-electron chi connectivity index (χ3n) is 4.87. The van der Waals surface area contributed by atoms with E-state index in [1.807, 2.05) is 18.2 Å². The van der Waals surface area contributed by atoms with Gasteiger partial charge in [-0.2, -0.15) is 0 Å². The minimum atomic E-state index is -0.458. The van der Waals surface area contributed by atoms with Gasteiger partial charge in [0.05, 0.1) is 10.9 Å². The van der Waals surface area contributed by atoms with Gasteiger partial charge in [-0.15, -0.1) is 11.8 Å². The maximum Gasteiger partial charge on any atom is 0.238 e. The Morgan fingerprint density at radius 3 is 3.00 bits per heavy atom. The Kier molecular flexibility index (Phi) is 5.02. The van der Waals surface area contributed by atoms with E-state index in [1.165, 1.54) is 23.0 Å². The summed E-state index contributed by atoms with van der Waals surface area (Å²) < 4.78 is 0.